The second kappa shape index (κ2) is 7.45. The maximum absolute atomic E-state index is 11.1. The molecule has 0 bridgehead atoms. The molecule has 1 heterocycles. The fourth-order valence-corrected chi connectivity index (χ4v) is 2.27. The van der Waals surface area contributed by atoms with E-state index in [2.05, 4.69) is 17.2 Å². The van der Waals surface area contributed by atoms with E-state index in [0.29, 0.717) is 5.69 Å². The Balaban J connectivity index is 2.37. The third-order valence-electron chi connectivity index (χ3n) is 2.77. The van der Waals surface area contributed by atoms with Gasteiger partial charge >= 0.3 is 5.97 Å². The van der Waals surface area contributed by atoms with E-state index in [1.807, 2.05) is 0 Å². The molecule has 0 aliphatic rings. The van der Waals surface area contributed by atoms with Crippen molar-refractivity contribution >= 4 is 22.4 Å². The molecule has 2 N–H and O–H groups in total. The highest BCUT2D eigenvalue weighted by atomic mass is 32.1. The molecule has 0 saturated heterocycles. The lowest BCUT2D eigenvalue weighted by Gasteiger charge is -2.15. The Morgan fingerprint density at radius 1 is 1.53 bits per heavy atom. The van der Waals surface area contributed by atoms with Crippen molar-refractivity contribution in [3.63, 3.8) is 0 Å². The van der Waals surface area contributed by atoms with Gasteiger partial charge in [-0.05, 0) is 26.7 Å². The van der Waals surface area contributed by atoms with Gasteiger partial charge in [-0.1, -0.05) is 6.92 Å². The molecule has 108 valence electrons. The molecule has 6 heteroatoms. The van der Waals surface area contributed by atoms with Gasteiger partial charge in [-0.15, -0.1) is 11.3 Å². The second-order valence-corrected chi connectivity index (χ2v) is 5.72. The van der Waals surface area contributed by atoms with Gasteiger partial charge in [0.2, 0.25) is 0 Å². The van der Waals surface area contributed by atoms with Crippen LogP contribution in [0.4, 0.5) is 5.13 Å². The molecule has 1 rings (SSSR count). The average Bonchev–Trinajstić information content (AvgIpc) is 2.82. The number of aliphatic carboxylic acids is 1. The van der Waals surface area contributed by atoms with Crippen molar-refractivity contribution in [2.45, 2.75) is 39.0 Å². The molecule has 0 fully saturated rings. The molecule has 0 unspecified atom stereocenters. The van der Waals surface area contributed by atoms with Crippen LogP contribution in [0.15, 0.2) is 5.38 Å². The summed E-state index contributed by atoms with van der Waals surface area (Å²) in [5.41, 5.74) is -0.351. The first kappa shape index (κ1) is 15.9. The summed E-state index contributed by atoms with van der Waals surface area (Å²) in [4.78, 5) is 15.4. The normalized spacial score (nSPS) is 11.5. The van der Waals surface area contributed by atoms with Gasteiger partial charge in [-0.2, -0.15) is 0 Å². The standard InChI is InChI=1S/C13H22N2O3S/c1-4-7-18-8-5-6-14-12-15-10(9-19-12)13(2,3)11(16)17/h9H,4-8H2,1-3H3,(H,14,15)(H,16,17). The number of anilines is 1. The Hall–Kier alpha value is -1.14. The summed E-state index contributed by atoms with van der Waals surface area (Å²) in [7, 11) is 0. The number of hydrogen-bond donors (Lipinski definition) is 2. The first-order valence-corrected chi connectivity index (χ1v) is 7.37. The average molecular weight is 286 g/mol. The smallest absolute Gasteiger partial charge is 0.315 e. The summed E-state index contributed by atoms with van der Waals surface area (Å²) >= 11 is 1.44. The number of ether oxygens (including phenoxy) is 1. The molecule has 5 nitrogen and oxygen atoms in total. The number of rotatable bonds is 9. The van der Waals surface area contributed by atoms with E-state index in [9.17, 15) is 4.79 Å². The first-order valence-electron chi connectivity index (χ1n) is 6.49. The summed E-state index contributed by atoms with van der Waals surface area (Å²) in [6.07, 6.45) is 1.95. The van der Waals surface area contributed by atoms with Crippen LogP contribution < -0.4 is 5.32 Å². The highest BCUT2D eigenvalue weighted by Crippen LogP contribution is 2.27. The van der Waals surface area contributed by atoms with Crippen molar-refractivity contribution in [1.29, 1.82) is 0 Å². The number of nitrogens with one attached hydrogen (secondary N) is 1. The Kier molecular flexibility index (Phi) is 6.24. The maximum atomic E-state index is 11.1. The van der Waals surface area contributed by atoms with Crippen LogP contribution >= 0.6 is 11.3 Å². The molecule has 0 saturated carbocycles. The van der Waals surface area contributed by atoms with Gasteiger partial charge in [-0.3, -0.25) is 4.79 Å². The van der Waals surface area contributed by atoms with Crippen LogP contribution in [0.1, 0.15) is 39.3 Å². The summed E-state index contributed by atoms with van der Waals surface area (Å²) in [5.74, 6) is -0.864. The molecule has 0 radical (unpaired) electrons. The van der Waals surface area contributed by atoms with E-state index in [-0.39, 0.29) is 0 Å². The predicted octanol–water partition coefficient (Wildman–Crippen LogP) is 2.73. The molecule has 0 aliphatic heterocycles. The lowest BCUT2D eigenvalue weighted by atomic mass is 9.90. The zero-order chi connectivity index (χ0) is 14.3. The number of carboxylic acid groups (broad SMARTS) is 1. The number of carboxylic acids is 1. The van der Waals surface area contributed by atoms with E-state index in [1.165, 1.54) is 11.3 Å². The van der Waals surface area contributed by atoms with Crippen molar-refractivity contribution in [3.8, 4) is 0 Å². The number of aromatic nitrogens is 1. The lowest BCUT2D eigenvalue weighted by Crippen LogP contribution is -2.28. The molecular weight excluding hydrogens is 264 g/mol. The van der Waals surface area contributed by atoms with Gasteiger partial charge in [0.15, 0.2) is 5.13 Å². The molecule has 0 amide bonds. The van der Waals surface area contributed by atoms with Gasteiger partial charge in [0.25, 0.3) is 0 Å². The van der Waals surface area contributed by atoms with Crippen molar-refractivity contribution in [2.75, 3.05) is 25.1 Å². The zero-order valence-electron chi connectivity index (χ0n) is 11.7. The number of carbonyl (C=O) groups is 1. The van der Waals surface area contributed by atoms with Gasteiger partial charge in [-0.25, -0.2) is 4.98 Å². The van der Waals surface area contributed by atoms with Crippen LogP contribution in [0.5, 0.6) is 0 Å². The molecule has 0 spiro atoms. The SMILES string of the molecule is CCCOCCCNc1nc(C(C)(C)C(=O)O)cs1. The minimum atomic E-state index is -0.944. The van der Waals surface area contributed by atoms with Crippen LogP contribution in [-0.2, 0) is 14.9 Å². The first-order chi connectivity index (χ1) is 8.98. The molecule has 0 aliphatic carbocycles. The lowest BCUT2D eigenvalue weighted by molar-refractivity contribution is -0.142. The highest BCUT2D eigenvalue weighted by Gasteiger charge is 2.32. The van der Waals surface area contributed by atoms with Crippen molar-refractivity contribution in [1.82, 2.24) is 4.98 Å². The minimum Gasteiger partial charge on any atom is -0.481 e. The predicted molar refractivity (Wildman–Crippen MR) is 77.0 cm³/mol. The number of nitrogens with zero attached hydrogens (tertiary/aromatic N) is 1. The molecule has 19 heavy (non-hydrogen) atoms. The van der Waals surface area contributed by atoms with E-state index in [4.69, 9.17) is 9.84 Å². The van der Waals surface area contributed by atoms with E-state index in [1.54, 1.807) is 19.2 Å². The molecule has 1 aromatic rings. The van der Waals surface area contributed by atoms with E-state index < -0.39 is 11.4 Å². The van der Waals surface area contributed by atoms with Crippen molar-refractivity contribution in [2.24, 2.45) is 0 Å². The maximum Gasteiger partial charge on any atom is 0.315 e. The Labute approximate surface area is 118 Å². The van der Waals surface area contributed by atoms with Crippen LogP contribution in [0.2, 0.25) is 0 Å². The van der Waals surface area contributed by atoms with E-state index >= 15 is 0 Å². The van der Waals surface area contributed by atoms with Crippen LogP contribution in [0.25, 0.3) is 0 Å². The summed E-state index contributed by atoms with van der Waals surface area (Å²) in [6, 6.07) is 0. The largest absolute Gasteiger partial charge is 0.481 e. The minimum absolute atomic E-state index is 0.592. The fraction of sp³-hybridized carbons (Fsp3) is 0.692. The molecule has 0 aromatic carbocycles. The molecular formula is C13H22N2O3S. The van der Waals surface area contributed by atoms with Crippen molar-refractivity contribution < 1.29 is 14.6 Å². The Morgan fingerprint density at radius 3 is 2.89 bits per heavy atom. The molecule has 1 aromatic heterocycles. The van der Waals surface area contributed by atoms with Gasteiger partial charge in [0, 0.05) is 25.1 Å². The molecule has 0 atom stereocenters. The van der Waals surface area contributed by atoms with Gasteiger partial charge in [0.1, 0.15) is 5.41 Å². The topological polar surface area (TPSA) is 71.5 Å². The summed E-state index contributed by atoms with van der Waals surface area (Å²) < 4.78 is 5.38. The third-order valence-corrected chi connectivity index (χ3v) is 3.57. The van der Waals surface area contributed by atoms with Crippen LogP contribution in [0, 0.1) is 0 Å². The van der Waals surface area contributed by atoms with Gasteiger partial charge < -0.3 is 15.2 Å². The summed E-state index contributed by atoms with van der Waals surface area (Å²) in [5, 5.41) is 14.9. The zero-order valence-corrected chi connectivity index (χ0v) is 12.5. The number of hydrogen-bond acceptors (Lipinski definition) is 5. The number of thiazole rings is 1. The van der Waals surface area contributed by atoms with Gasteiger partial charge in [0.05, 0.1) is 5.69 Å². The summed E-state index contributed by atoms with van der Waals surface area (Å²) in [6.45, 7) is 7.72. The second-order valence-electron chi connectivity index (χ2n) is 4.86. The van der Waals surface area contributed by atoms with Crippen LogP contribution in [-0.4, -0.2) is 35.8 Å². The van der Waals surface area contributed by atoms with Crippen LogP contribution in [0.3, 0.4) is 0 Å². The Morgan fingerprint density at radius 2 is 2.26 bits per heavy atom. The highest BCUT2D eigenvalue weighted by molar-refractivity contribution is 7.13. The monoisotopic (exact) mass is 286 g/mol. The van der Waals surface area contributed by atoms with Crippen molar-refractivity contribution in [3.05, 3.63) is 11.1 Å². The third kappa shape index (κ3) is 4.80. The quantitative estimate of drug-likeness (QED) is 0.683. The fourth-order valence-electron chi connectivity index (χ4n) is 1.37. The van der Waals surface area contributed by atoms with E-state index in [0.717, 1.165) is 37.7 Å². The Bertz CT molecular complexity index is 404.